The van der Waals surface area contributed by atoms with Crippen LogP contribution in [0.25, 0.3) is 0 Å². The standard InChI is InChI=1S/C19H20ClN3O2/c1-22-9-11-23(12-10-22)19(25)16-7-2-3-8-17(16)21-18(24)14-5-4-6-15(20)13-14/h2-8,13H,9-12H2,1H3,(H,21,24)/p+1. The first-order valence-corrected chi connectivity index (χ1v) is 8.69. The molecule has 0 aromatic heterocycles. The van der Waals surface area contributed by atoms with Gasteiger partial charge in [0.05, 0.1) is 44.5 Å². The van der Waals surface area contributed by atoms with Gasteiger partial charge in [0.2, 0.25) is 0 Å². The predicted molar refractivity (Wildman–Crippen MR) is 98.4 cm³/mol. The molecule has 2 aromatic carbocycles. The van der Waals surface area contributed by atoms with Gasteiger partial charge in [0.1, 0.15) is 0 Å². The summed E-state index contributed by atoms with van der Waals surface area (Å²) in [6.07, 6.45) is 0. The van der Waals surface area contributed by atoms with E-state index in [9.17, 15) is 9.59 Å². The molecule has 0 aliphatic carbocycles. The van der Waals surface area contributed by atoms with Crippen molar-refractivity contribution in [2.75, 3.05) is 38.5 Å². The largest absolute Gasteiger partial charge is 0.334 e. The van der Waals surface area contributed by atoms with Crippen LogP contribution in [0.3, 0.4) is 0 Å². The van der Waals surface area contributed by atoms with Gasteiger partial charge in [-0.3, -0.25) is 9.59 Å². The van der Waals surface area contributed by atoms with Gasteiger partial charge >= 0.3 is 0 Å². The molecule has 6 heteroatoms. The monoisotopic (exact) mass is 358 g/mol. The summed E-state index contributed by atoms with van der Waals surface area (Å²) in [7, 11) is 2.13. The predicted octanol–water partition coefficient (Wildman–Crippen LogP) is 1.56. The molecule has 2 N–H and O–H groups in total. The van der Waals surface area contributed by atoms with E-state index < -0.39 is 0 Å². The van der Waals surface area contributed by atoms with Gasteiger partial charge in [-0.05, 0) is 30.3 Å². The van der Waals surface area contributed by atoms with E-state index in [1.165, 1.54) is 4.90 Å². The van der Waals surface area contributed by atoms with E-state index in [0.29, 0.717) is 21.8 Å². The van der Waals surface area contributed by atoms with E-state index in [-0.39, 0.29) is 11.8 Å². The van der Waals surface area contributed by atoms with Crippen molar-refractivity contribution in [1.29, 1.82) is 0 Å². The Morgan fingerprint density at radius 1 is 1.08 bits per heavy atom. The van der Waals surface area contributed by atoms with Crippen LogP contribution in [0.4, 0.5) is 5.69 Å². The van der Waals surface area contributed by atoms with Crippen LogP contribution in [0.1, 0.15) is 20.7 Å². The Morgan fingerprint density at radius 3 is 2.52 bits per heavy atom. The van der Waals surface area contributed by atoms with E-state index in [1.54, 1.807) is 42.5 Å². The zero-order valence-corrected chi connectivity index (χ0v) is 14.8. The van der Waals surface area contributed by atoms with Crippen molar-refractivity contribution in [3.63, 3.8) is 0 Å². The molecule has 1 fully saturated rings. The quantitative estimate of drug-likeness (QED) is 0.875. The third-order valence-electron chi connectivity index (χ3n) is 4.40. The van der Waals surface area contributed by atoms with Gasteiger partial charge in [0, 0.05) is 10.6 Å². The maximum absolute atomic E-state index is 12.8. The molecule has 1 aliphatic heterocycles. The molecule has 0 spiro atoms. The van der Waals surface area contributed by atoms with Gasteiger partial charge in [-0.25, -0.2) is 0 Å². The zero-order chi connectivity index (χ0) is 17.8. The fourth-order valence-corrected chi connectivity index (χ4v) is 3.05. The Hall–Kier alpha value is -2.37. The molecule has 2 aromatic rings. The second kappa shape index (κ2) is 7.68. The number of piperazine rings is 1. The molecule has 25 heavy (non-hydrogen) atoms. The van der Waals surface area contributed by atoms with Crippen molar-refractivity contribution in [3.8, 4) is 0 Å². The van der Waals surface area contributed by atoms with E-state index >= 15 is 0 Å². The van der Waals surface area contributed by atoms with E-state index in [2.05, 4.69) is 12.4 Å². The van der Waals surface area contributed by atoms with E-state index in [4.69, 9.17) is 11.6 Å². The highest BCUT2D eigenvalue weighted by atomic mass is 35.5. The summed E-state index contributed by atoms with van der Waals surface area (Å²) in [5.41, 5.74) is 1.49. The number of amides is 2. The number of hydrogen-bond donors (Lipinski definition) is 2. The van der Waals surface area contributed by atoms with Crippen molar-refractivity contribution in [3.05, 3.63) is 64.7 Å². The third-order valence-corrected chi connectivity index (χ3v) is 4.63. The summed E-state index contributed by atoms with van der Waals surface area (Å²) < 4.78 is 0. The smallest absolute Gasteiger partial charge is 0.256 e. The van der Waals surface area contributed by atoms with Gasteiger partial charge < -0.3 is 15.1 Å². The first kappa shape index (κ1) is 17.5. The molecule has 0 unspecified atom stereocenters. The molecule has 3 rings (SSSR count). The lowest BCUT2D eigenvalue weighted by molar-refractivity contribution is -0.883. The molecular formula is C19H21ClN3O2+. The second-order valence-corrected chi connectivity index (χ2v) is 6.70. The molecule has 0 saturated carbocycles. The number of quaternary nitrogens is 1. The fourth-order valence-electron chi connectivity index (χ4n) is 2.86. The number of rotatable bonds is 3. The molecule has 5 nitrogen and oxygen atoms in total. The first-order chi connectivity index (χ1) is 12.0. The molecule has 1 saturated heterocycles. The number of likely N-dealkylation sites (N-methyl/N-ethyl adjacent to an activating group) is 1. The average Bonchev–Trinajstić information content (AvgIpc) is 2.62. The number of halogens is 1. The highest BCUT2D eigenvalue weighted by Gasteiger charge is 2.24. The lowest BCUT2D eigenvalue weighted by Gasteiger charge is -2.30. The molecule has 1 aliphatic rings. The van der Waals surface area contributed by atoms with Gasteiger partial charge in [0.25, 0.3) is 11.8 Å². The Bertz CT molecular complexity index is 786. The number of anilines is 1. The zero-order valence-electron chi connectivity index (χ0n) is 14.1. The Kier molecular flexibility index (Phi) is 5.36. The van der Waals surface area contributed by atoms with Gasteiger partial charge in [0.15, 0.2) is 0 Å². The maximum Gasteiger partial charge on any atom is 0.256 e. The summed E-state index contributed by atoms with van der Waals surface area (Å²) in [5.74, 6) is -0.333. The van der Waals surface area contributed by atoms with E-state index in [0.717, 1.165) is 26.2 Å². The Labute approximate surface area is 152 Å². The molecule has 1 heterocycles. The first-order valence-electron chi connectivity index (χ1n) is 8.31. The number of benzene rings is 2. The minimum atomic E-state index is -0.287. The van der Waals surface area contributed by atoms with Crippen molar-refractivity contribution in [1.82, 2.24) is 4.90 Å². The van der Waals surface area contributed by atoms with Crippen molar-refractivity contribution in [2.45, 2.75) is 0 Å². The van der Waals surface area contributed by atoms with Crippen LogP contribution in [0.15, 0.2) is 48.5 Å². The van der Waals surface area contributed by atoms with Crippen LogP contribution < -0.4 is 10.2 Å². The average molecular weight is 359 g/mol. The SMILES string of the molecule is C[NH+]1CCN(C(=O)c2ccccc2NC(=O)c2cccc(Cl)c2)CC1. The summed E-state index contributed by atoms with van der Waals surface area (Å²) in [4.78, 5) is 28.6. The van der Waals surface area contributed by atoms with Gasteiger partial charge in [-0.15, -0.1) is 0 Å². The van der Waals surface area contributed by atoms with Crippen molar-refractivity contribution in [2.24, 2.45) is 0 Å². The summed E-state index contributed by atoms with van der Waals surface area (Å²) >= 11 is 5.94. The van der Waals surface area contributed by atoms with Gasteiger partial charge in [-0.1, -0.05) is 29.8 Å². The number of hydrogen-bond acceptors (Lipinski definition) is 2. The Morgan fingerprint density at radius 2 is 1.80 bits per heavy atom. The number of para-hydroxylation sites is 1. The molecule has 2 amide bonds. The topological polar surface area (TPSA) is 53.9 Å². The fraction of sp³-hybridized carbons (Fsp3) is 0.263. The highest BCUT2D eigenvalue weighted by Crippen LogP contribution is 2.19. The minimum absolute atomic E-state index is 0.0468. The lowest BCUT2D eigenvalue weighted by atomic mass is 10.1. The van der Waals surface area contributed by atoms with Crippen LogP contribution in [-0.2, 0) is 0 Å². The normalized spacial score (nSPS) is 15.0. The number of carbonyl (C=O) groups excluding carboxylic acids is 2. The van der Waals surface area contributed by atoms with Crippen LogP contribution in [-0.4, -0.2) is 49.9 Å². The second-order valence-electron chi connectivity index (χ2n) is 6.26. The third kappa shape index (κ3) is 4.18. The molecule has 0 radical (unpaired) electrons. The number of nitrogens with zero attached hydrogens (tertiary/aromatic N) is 1. The highest BCUT2D eigenvalue weighted by molar-refractivity contribution is 6.31. The van der Waals surface area contributed by atoms with Crippen molar-refractivity contribution >= 4 is 29.1 Å². The van der Waals surface area contributed by atoms with Crippen LogP contribution in [0.5, 0.6) is 0 Å². The minimum Gasteiger partial charge on any atom is -0.334 e. The molecular weight excluding hydrogens is 338 g/mol. The van der Waals surface area contributed by atoms with Crippen molar-refractivity contribution < 1.29 is 14.5 Å². The van der Waals surface area contributed by atoms with Crippen LogP contribution in [0.2, 0.25) is 5.02 Å². The maximum atomic E-state index is 12.8. The molecule has 0 bridgehead atoms. The summed E-state index contributed by atoms with van der Waals surface area (Å²) in [5, 5.41) is 3.33. The molecule has 0 atom stereocenters. The molecule has 130 valence electrons. The van der Waals surface area contributed by atoms with Gasteiger partial charge in [-0.2, -0.15) is 0 Å². The lowest BCUT2D eigenvalue weighted by Crippen LogP contribution is -3.12. The van der Waals surface area contributed by atoms with Crippen LogP contribution in [0, 0.1) is 0 Å². The number of nitrogens with one attached hydrogen (secondary N) is 2. The Balaban J connectivity index is 1.79. The van der Waals surface area contributed by atoms with Crippen LogP contribution >= 0.6 is 11.6 Å². The summed E-state index contributed by atoms with van der Waals surface area (Å²) in [6.45, 7) is 3.31. The number of carbonyl (C=O) groups is 2. The summed E-state index contributed by atoms with van der Waals surface area (Å²) in [6, 6.07) is 13.8. The van der Waals surface area contributed by atoms with E-state index in [1.807, 2.05) is 11.0 Å².